The lowest BCUT2D eigenvalue weighted by Crippen LogP contribution is -2.50. The lowest BCUT2D eigenvalue weighted by atomic mass is 9.85. The molecule has 2 aliphatic heterocycles. The number of likely N-dealkylation sites (tertiary alicyclic amines) is 1. The number of benzene rings is 1. The van der Waals surface area contributed by atoms with E-state index in [-0.39, 0.29) is 23.9 Å². The van der Waals surface area contributed by atoms with E-state index in [9.17, 15) is 13.6 Å². The second kappa shape index (κ2) is 8.20. The van der Waals surface area contributed by atoms with E-state index in [1.807, 2.05) is 0 Å². The van der Waals surface area contributed by atoms with Crippen molar-refractivity contribution in [2.24, 2.45) is 5.92 Å². The van der Waals surface area contributed by atoms with E-state index >= 15 is 0 Å². The van der Waals surface area contributed by atoms with Crippen molar-refractivity contribution in [2.45, 2.75) is 56.7 Å². The lowest BCUT2D eigenvalue weighted by molar-refractivity contribution is -0.123. The number of halogens is 2. The summed E-state index contributed by atoms with van der Waals surface area (Å²) in [4.78, 5) is 14.6. The van der Waals surface area contributed by atoms with Gasteiger partial charge < -0.3 is 5.32 Å². The Kier molecular flexibility index (Phi) is 5.71. The highest BCUT2D eigenvalue weighted by Gasteiger charge is 2.41. The molecule has 1 amide bonds. The molecule has 1 aromatic carbocycles. The highest BCUT2D eigenvalue weighted by Crippen LogP contribution is 2.34. The number of nitrogens with one attached hydrogen (secondary N) is 3. The van der Waals surface area contributed by atoms with Crippen molar-refractivity contribution in [1.82, 2.24) is 21.1 Å². The van der Waals surface area contributed by atoms with Gasteiger partial charge in [-0.25, -0.2) is 14.2 Å². The van der Waals surface area contributed by atoms with Crippen molar-refractivity contribution in [3.63, 3.8) is 0 Å². The van der Waals surface area contributed by atoms with Crippen LogP contribution in [0.3, 0.4) is 0 Å². The number of carbonyl (C=O) groups excluding carboxylic acids is 1. The van der Waals surface area contributed by atoms with Gasteiger partial charge in [0.1, 0.15) is 0 Å². The fourth-order valence-electron chi connectivity index (χ4n) is 4.78. The Labute approximate surface area is 158 Å². The van der Waals surface area contributed by atoms with Gasteiger partial charge in [-0.15, -0.1) is 0 Å². The summed E-state index contributed by atoms with van der Waals surface area (Å²) in [5.74, 6) is -1.34. The largest absolute Gasteiger partial charge is 0.352 e. The molecule has 0 spiro atoms. The molecule has 2 heterocycles. The molecule has 27 heavy (non-hydrogen) atoms. The molecule has 0 radical (unpaired) electrons. The van der Waals surface area contributed by atoms with E-state index in [1.54, 1.807) is 6.07 Å². The monoisotopic (exact) mass is 378 g/mol. The Hall–Kier alpha value is -1.57. The second-order valence-corrected chi connectivity index (χ2v) is 8.14. The predicted molar refractivity (Wildman–Crippen MR) is 98.7 cm³/mol. The van der Waals surface area contributed by atoms with Crippen LogP contribution in [0.25, 0.3) is 0 Å². The smallest absolute Gasteiger partial charge is 0.234 e. The molecule has 0 aromatic heterocycles. The molecule has 3 atom stereocenters. The Balaban J connectivity index is 1.36. The third-order valence-electron chi connectivity index (χ3n) is 6.23. The van der Waals surface area contributed by atoms with Crippen LogP contribution in [-0.4, -0.2) is 42.5 Å². The van der Waals surface area contributed by atoms with Crippen LogP contribution in [0.1, 0.15) is 50.1 Å². The van der Waals surface area contributed by atoms with Crippen molar-refractivity contribution < 1.29 is 13.6 Å². The zero-order valence-electron chi connectivity index (χ0n) is 15.5. The molecular formula is C20H28F2N4O. The van der Waals surface area contributed by atoms with Crippen LogP contribution in [0.15, 0.2) is 18.2 Å². The third kappa shape index (κ3) is 4.31. The van der Waals surface area contributed by atoms with E-state index in [2.05, 4.69) is 21.1 Å². The van der Waals surface area contributed by atoms with Crippen molar-refractivity contribution in [2.75, 3.05) is 19.6 Å². The average Bonchev–Trinajstić information content (AvgIpc) is 3.08. The number of rotatable bonds is 4. The molecule has 1 saturated carbocycles. The molecule has 1 aromatic rings. The molecule has 7 heteroatoms. The van der Waals surface area contributed by atoms with Crippen LogP contribution in [0, 0.1) is 17.6 Å². The minimum absolute atomic E-state index is 0.0886. The number of carbonyl (C=O) groups is 1. The van der Waals surface area contributed by atoms with Crippen LogP contribution in [0.2, 0.25) is 0 Å². The number of fused-ring (bicyclic) bond motifs is 1. The van der Waals surface area contributed by atoms with E-state index in [0.29, 0.717) is 12.6 Å². The molecular weight excluding hydrogens is 350 g/mol. The number of piperidine rings is 1. The minimum Gasteiger partial charge on any atom is -0.352 e. The minimum atomic E-state index is -0.828. The fourth-order valence-corrected chi connectivity index (χ4v) is 4.78. The molecule has 5 nitrogen and oxygen atoms in total. The van der Waals surface area contributed by atoms with Crippen molar-refractivity contribution >= 4 is 5.91 Å². The maximum absolute atomic E-state index is 13.6. The van der Waals surface area contributed by atoms with Gasteiger partial charge in [-0.05, 0) is 37.0 Å². The lowest BCUT2D eigenvalue weighted by Gasteiger charge is -2.36. The maximum Gasteiger partial charge on any atom is 0.234 e. The molecule has 3 N–H and O–H groups in total. The Bertz CT molecular complexity index is 680. The first kappa shape index (κ1) is 18.8. The first-order valence-electron chi connectivity index (χ1n) is 10.1. The van der Waals surface area contributed by atoms with E-state index in [1.165, 1.54) is 31.4 Å². The topological polar surface area (TPSA) is 56.4 Å². The maximum atomic E-state index is 13.6. The highest BCUT2D eigenvalue weighted by molar-refractivity contribution is 5.78. The number of hydrazine groups is 1. The zero-order chi connectivity index (χ0) is 18.8. The molecule has 2 saturated heterocycles. The highest BCUT2D eigenvalue weighted by atomic mass is 19.2. The van der Waals surface area contributed by atoms with Crippen LogP contribution in [0.5, 0.6) is 0 Å². The summed E-state index contributed by atoms with van der Waals surface area (Å²) < 4.78 is 26.9. The zero-order valence-corrected chi connectivity index (χ0v) is 15.5. The Morgan fingerprint density at radius 2 is 1.93 bits per heavy atom. The molecule has 1 aliphatic carbocycles. The van der Waals surface area contributed by atoms with Gasteiger partial charge in [-0.2, -0.15) is 0 Å². The normalized spacial score (nSPS) is 29.5. The van der Waals surface area contributed by atoms with Crippen molar-refractivity contribution in [3.8, 4) is 0 Å². The van der Waals surface area contributed by atoms with Crippen LogP contribution in [0.4, 0.5) is 8.78 Å². The van der Waals surface area contributed by atoms with Gasteiger partial charge in [0, 0.05) is 31.1 Å². The van der Waals surface area contributed by atoms with Gasteiger partial charge >= 0.3 is 0 Å². The molecule has 3 unspecified atom stereocenters. The molecule has 4 rings (SSSR count). The van der Waals surface area contributed by atoms with E-state index in [4.69, 9.17) is 0 Å². The van der Waals surface area contributed by atoms with Gasteiger partial charge in [-0.3, -0.25) is 15.1 Å². The van der Waals surface area contributed by atoms with Gasteiger partial charge in [0.2, 0.25) is 5.91 Å². The summed E-state index contributed by atoms with van der Waals surface area (Å²) in [7, 11) is 0. The summed E-state index contributed by atoms with van der Waals surface area (Å²) in [5.41, 5.74) is 7.26. The summed E-state index contributed by atoms with van der Waals surface area (Å²) in [6.07, 6.45) is 6.77. The molecule has 3 aliphatic rings. The Morgan fingerprint density at radius 3 is 2.70 bits per heavy atom. The predicted octanol–water partition coefficient (Wildman–Crippen LogP) is 2.25. The van der Waals surface area contributed by atoms with Crippen LogP contribution in [-0.2, 0) is 4.79 Å². The first-order chi connectivity index (χ1) is 13.1. The van der Waals surface area contributed by atoms with Crippen molar-refractivity contribution in [1.29, 1.82) is 0 Å². The van der Waals surface area contributed by atoms with Crippen LogP contribution < -0.4 is 16.2 Å². The Morgan fingerprint density at radius 1 is 1.11 bits per heavy atom. The SMILES string of the molecule is O=C(CN1CCC2NNC(c3ccc(F)c(F)c3)C2C1)NC1CCCCC1. The van der Waals surface area contributed by atoms with Gasteiger partial charge in [0.05, 0.1) is 12.6 Å². The number of hydrogen-bond acceptors (Lipinski definition) is 4. The summed E-state index contributed by atoms with van der Waals surface area (Å²) in [5, 5.41) is 3.18. The molecule has 0 bridgehead atoms. The van der Waals surface area contributed by atoms with E-state index in [0.717, 1.165) is 37.9 Å². The van der Waals surface area contributed by atoms with Gasteiger partial charge in [0.25, 0.3) is 0 Å². The summed E-state index contributed by atoms with van der Waals surface area (Å²) in [6, 6.07) is 4.60. The number of hydrogen-bond donors (Lipinski definition) is 3. The van der Waals surface area contributed by atoms with Crippen LogP contribution >= 0.6 is 0 Å². The fraction of sp³-hybridized carbons (Fsp3) is 0.650. The summed E-state index contributed by atoms with van der Waals surface area (Å²) in [6.45, 7) is 2.02. The van der Waals surface area contributed by atoms with Crippen molar-refractivity contribution in [3.05, 3.63) is 35.4 Å². The van der Waals surface area contributed by atoms with E-state index < -0.39 is 11.6 Å². The first-order valence-corrected chi connectivity index (χ1v) is 10.1. The standard InChI is InChI=1S/C20H28F2N4O/c21-16-7-6-13(10-17(16)22)20-15-11-26(9-8-18(15)24-25-20)12-19(27)23-14-4-2-1-3-5-14/h6-7,10,14-15,18,20,24-25H,1-5,8-9,11-12H2,(H,23,27). The quantitative estimate of drug-likeness (QED) is 0.752. The number of nitrogens with zero attached hydrogens (tertiary/aromatic N) is 1. The molecule has 3 fully saturated rings. The van der Waals surface area contributed by atoms with Gasteiger partial charge in [0.15, 0.2) is 11.6 Å². The summed E-state index contributed by atoms with van der Waals surface area (Å²) >= 11 is 0. The molecule has 148 valence electrons. The third-order valence-corrected chi connectivity index (χ3v) is 6.23. The van der Waals surface area contributed by atoms with Gasteiger partial charge in [-0.1, -0.05) is 25.3 Å². The average molecular weight is 378 g/mol. The number of amides is 1. The second-order valence-electron chi connectivity index (χ2n) is 8.14.